The van der Waals surface area contributed by atoms with E-state index in [0.717, 1.165) is 5.69 Å². The molecule has 0 fully saturated rings. The number of hydrogen-bond donors (Lipinski definition) is 1. The van der Waals surface area contributed by atoms with E-state index in [9.17, 15) is 5.11 Å². The molecule has 0 aliphatic heterocycles. The van der Waals surface area contributed by atoms with Gasteiger partial charge in [-0.05, 0) is 13.8 Å². The maximum absolute atomic E-state index is 9.52. The van der Waals surface area contributed by atoms with Crippen molar-refractivity contribution in [3.63, 3.8) is 0 Å². The van der Waals surface area contributed by atoms with Crippen LogP contribution >= 0.6 is 0 Å². The minimum atomic E-state index is -0.673. The van der Waals surface area contributed by atoms with Gasteiger partial charge in [0.15, 0.2) is 0 Å². The van der Waals surface area contributed by atoms with Crippen LogP contribution in [0.1, 0.15) is 24.4 Å². The summed E-state index contributed by atoms with van der Waals surface area (Å²) in [7, 11) is 0. The summed E-state index contributed by atoms with van der Waals surface area (Å²) in [6, 6.07) is 0. The van der Waals surface area contributed by atoms with Gasteiger partial charge < -0.3 is 9.84 Å². The standard InChI is InChI=1S/C9H14N2O2/c1-3-13-6-9(12)8-5-10-7(2)4-11-8/h4-5,9,12H,3,6H2,1-2H3. The molecule has 1 rings (SSSR count). The molecule has 4 nitrogen and oxygen atoms in total. The highest BCUT2D eigenvalue weighted by Gasteiger charge is 2.08. The van der Waals surface area contributed by atoms with Gasteiger partial charge in [-0.2, -0.15) is 0 Å². The van der Waals surface area contributed by atoms with E-state index >= 15 is 0 Å². The summed E-state index contributed by atoms with van der Waals surface area (Å²) in [5.41, 5.74) is 1.39. The number of aryl methyl sites for hydroxylation is 1. The van der Waals surface area contributed by atoms with Crippen molar-refractivity contribution in [2.75, 3.05) is 13.2 Å². The molecule has 1 N–H and O–H groups in total. The van der Waals surface area contributed by atoms with Crippen LogP contribution in [0.5, 0.6) is 0 Å². The average molecular weight is 182 g/mol. The van der Waals surface area contributed by atoms with Crippen LogP contribution in [-0.4, -0.2) is 28.3 Å². The SMILES string of the molecule is CCOCC(O)c1cnc(C)cn1. The Bertz CT molecular complexity index is 248. The third-order valence-electron chi connectivity index (χ3n) is 1.62. The highest BCUT2D eigenvalue weighted by Crippen LogP contribution is 2.08. The van der Waals surface area contributed by atoms with E-state index in [2.05, 4.69) is 9.97 Å². The van der Waals surface area contributed by atoms with Crippen LogP contribution < -0.4 is 0 Å². The number of aliphatic hydroxyl groups excluding tert-OH is 1. The average Bonchev–Trinajstić information content (AvgIpc) is 2.15. The first kappa shape index (κ1) is 10.1. The lowest BCUT2D eigenvalue weighted by atomic mass is 10.3. The smallest absolute Gasteiger partial charge is 0.121 e. The molecule has 13 heavy (non-hydrogen) atoms. The molecule has 0 aromatic carbocycles. The number of hydrogen-bond acceptors (Lipinski definition) is 4. The zero-order valence-electron chi connectivity index (χ0n) is 7.90. The van der Waals surface area contributed by atoms with Gasteiger partial charge in [0.1, 0.15) is 6.10 Å². The third-order valence-corrected chi connectivity index (χ3v) is 1.62. The molecular weight excluding hydrogens is 168 g/mol. The molecule has 0 saturated heterocycles. The molecule has 1 unspecified atom stereocenters. The van der Waals surface area contributed by atoms with E-state index in [1.54, 1.807) is 12.4 Å². The minimum Gasteiger partial charge on any atom is -0.384 e. The van der Waals surface area contributed by atoms with Crippen molar-refractivity contribution in [3.8, 4) is 0 Å². The lowest BCUT2D eigenvalue weighted by molar-refractivity contribution is 0.0395. The first-order chi connectivity index (χ1) is 6.24. The van der Waals surface area contributed by atoms with Gasteiger partial charge in [-0.15, -0.1) is 0 Å². The first-order valence-electron chi connectivity index (χ1n) is 4.28. The summed E-state index contributed by atoms with van der Waals surface area (Å²) < 4.78 is 5.06. The number of ether oxygens (including phenoxy) is 1. The van der Waals surface area contributed by atoms with Crippen molar-refractivity contribution in [1.29, 1.82) is 0 Å². The molecule has 1 heterocycles. The predicted octanol–water partition coefficient (Wildman–Crippen LogP) is 0.855. The quantitative estimate of drug-likeness (QED) is 0.750. The Morgan fingerprint density at radius 2 is 2.23 bits per heavy atom. The summed E-state index contributed by atoms with van der Waals surface area (Å²) >= 11 is 0. The molecule has 0 bridgehead atoms. The fraction of sp³-hybridized carbons (Fsp3) is 0.556. The summed E-state index contributed by atoms with van der Waals surface area (Å²) in [5.74, 6) is 0. The van der Waals surface area contributed by atoms with Crippen molar-refractivity contribution in [2.45, 2.75) is 20.0 Å². The molecule has 1 aromatic rings. The second-order valence-electron chi connectivity index (χ2n) is 2.76. The lowest BCUT2D eigenvalue weighted by Crippen LogP contribution is -2.09. The first-order valence-corrected chi connectivity index (χ1v) is 4.28. The predicted molar refractivity (Wildman–Crippen MR) is 48.2 cm³/mol. The van der Waals surface area contributed by atoms with E-state index in [0.29, 0.717) is 12.3 Å². The Hall–Kier alpha value is -1.00. The topological polar surface area (TPSA) is 55.2 Å². The highest BCUT2D eigenvalue weighted by molar-refractivity contribution is 5.03. The monoisotopic (exact) mass is 182 g/mol. The third kappa shape index (κ3) is 3.08. The maximum Gasteiger partial charge on any atom is 0.121 e. The van der Waals surface area contributed by atoms with Crippen molar-refractivity contribution in [2.24, 2.45) is 0 Å². The van der Waals surface area contributed by atoms with E-state index in [1.807, 2.05) is 13.8 Å². The van der Waals surface area contributed by atoms with Crippen molar-refractivity contribution in [3.05, 3.63) is 23.8 Å². The Labute approximate surface area is 77.6 Å². The van der Waals surface area contributed by atoms with Gasteiger partial charge in [-0.1, -0.05) is 0 Å². The fourth-order valence-corrected chi connectivity index (χ4v) is 0.890. The van der Waals surface area contributed by atoms with E-state index in [-0.39, 0.29) is 6.61 Å². The largest absolute Gasteiger partial charge is 0.384 e. The molecule has 0 aliphatic carbocycles. The van der Waals surface area contributed by atoms with Gasteiger partial charge in [0, 0.05) is 12.8 Å². The van der Waals surface area contributed by atoms with Gasteiger partial charge in [-0.25, -0.2) is 0 Å². The lowest BCUT2D eigenvalue weighted by Gasteiger charge is -2.08. The number of aromatic nitrogens is 2. The van der Waals surface area contributed by atoms with Gasteiger partial charge in [0.25, 0.3) is 0 Å². The molecule has 0 amide bonds. The maximum atomic E-state index is 9.52. The molecule has 0 radical (unpaired) electrons. The van der Waals surface area contributed by atoms with E-state index in [1.165, 1.54) is 0 Å². The highest BCUT2D eigenvalue weighted by atomic mass is 16.5. The van der Waals surface area contributed by atoms with Crippen molar-refractivity contribution < 1.29 is 9.84 Å². The zero-order chi connectivity index (χ0) is 9.68. The van der Waals surface area contributed by atoms with Gasteiger partial charge in [0.05, 0.1) is 24.2 Å². The summed E-state index contributed by atoms with van der Waals surface area (Å²) in [6.45, 7) is 4.60. The number of nitrogens with zero attached hydrogens (tertiary/aromatic N) is 2. The Morgan fingerprint density at radius 3 is 2.77 bits per heavy atom. The van der Waals surface area contributed by atoms with Crippen LogP contribution in [0.2, 0.25) is 0 Å². The van der Waals surface area contributed by atoms with Crippen LogP contribution in [0.15, 0.2) is 12.4 Å². The van der Waals surface area contributed by atoms with Crippen LogP contribution in [0, 0.1) is 6.92 Å². The minimum absolute atomic E-state index is 0.272. The van der Waals surface area contributed by atoms with Crippen molar-refractivity contribution in [1.82, 2.24) is 9.97 Å². The summed E-state index contributed by atoms with van der Waals surface area (Å²) in [4.78, 5) is 8.07. The fourth-order valence-electron chi connectivity index (χ4n) is 0.890. The van der Waals surface area contributed by atoms with Gasteiger partial charge >= 0.3 is 0 Å². The Balaban J connectivity index is 2.55. The molecule has 4 heteroatoms. The molecule has 72 valence electrons. The molecule has 1 aromatic heterocycles. The molecule has 0 spiro atoms. The molecule has 1 atom stereocenters. The second kappa shape index (κ2) is 4.89. The summed E-state index contributed by atoms with van der Waals surface area (Å²) in [6.07, 6.45) is 2.52. The molecule has 0 saturated carbocycles. The van der Waals surface area contributed by atoms with E-state index in [4.69, 9.17) is 4.74 Å². The van der Waals surface area contributed by atoms with Crippen LogP contribution in [0.3, 0.4) is 0 Å². The number of aliphatic hydroxyl groups is 1. The zero-order valence-corrected chi connectivity index (χ0v) is 7.90. The molecular formula is C9H14N2O2. The van der Waals surface area contributed by atoms with Crippen LogP contribution in [0.4, 0.5) is 0 Å². The normalized spacial score (nSPS) is 12.8. The Morgan fingerprint density at radius 1 is 1.46 bits per heavy atom. The second-order valence-corrected chi connectivity index (χ2v) is 2.76. The van der Waals surface area contributed by atoms with Crippen molar-refractivity contribution >= 4 is 0 Å². The summed E-state index contributed by atoms with van der Waals surface area (Å²) in [5, 5.41) is 9.52. The van der Waals surface area contributed by atoms with Crippen LogP contribution in [0.25, 0.3) is 0 Å². The Kier molecular flexibility index (Phi) is 3.79. The number of rotatable bonds is 4. The molecule has 0 aliphatic rings. The van der Waals surface area contributed by atoms with Gasteiger partial charge in [-0.3, -0.25) is 9.97 Å². The van der Waals surface area contributed by atoms with Crippen LogP contribution in [-0.2, 0) is 4.74 Å². The van der Waals surface area contributed by atoms with Gasteiger partial charge in [0.2, 0.25) is 0 Å². The van der Waals surface area contributed by atoms with E-state index < -0.39 is 6.10 Å².